The molecule has 0 saturated carbocycles. The van der Waals surface area contributed by atoms with E-state index in [1.807, 2.05) is 0 Å². The molecule has 10 heteroatoms. The molecule has 6 nitrogen and oxygen atoms in total. The number of anilines is 2. The third-order valence-electron chi connectivity index (χ3n) is 4.53. The number of hydrogen-bond acceptors (Lipinski definition) is 4. The maximum Gasteiger partial charge on any atom is 0.256 e. The Balaban J connectivity index is 1.79. The van der Waals surface area contributed by atoms with Gasteiger partial charge in [0, 0.05) is 23.1 Å². The summed E-state index contributed by atoms with van der Waals surface area (Å²) >= 11 is 12.5. The molecule has 0 bridgehead atoms. The molecule has 0 heterocycles. The van der Waals surface area contributed by atoms with Crippen LogP contribution >= 0.6 is 23.2 Å². The molecule has 3 rings (SSSR count). The first-order valence-electron chi connectivity index (χ1n) is 9.14. The third-order valence-corrected chi connectivity index (χ3v) is 6.25. The second-order valence-corrected chi connectivity index (χ2v) is 9.81. The van der Waals surface area contributed by atoms with Crippen molar-refractivity contribution >= 4 is 56.2 Å². The fraction of sp³-hybridized carbons (Fsp3) is 0.0909. The van der Waals surface area contributed by atoms with E-state index in [-0.39, 0.29) is 37.4 Å². The number of rotatable bonds is 5. The predicted molar refractivity (Wildman–Crippen MR) is 123 cm³/mol. The first-order valence-corrected chi connectivity index (χ1v) is 11.8. The van der Waals surface area contributed by atoms with Crippen molar-refractivity contribution < 1.29 is 22.4 Å². The van der Waals surface area contributed by atoms with Gasteiger partial charge in [-0.15, -0.1) is 0 Å². The summed E-state index contributed by atoms with van der Waals surface area (Å²) in [5.74, 6) is -1.64. The van der Waals surface area contributed by atoms with Gasteiger partial charge in [-0.25, -0.2) is 12.8 Å². The molecule has 0 radical (unpaired) electrons. The number of halogens is 3. The van der Waals surface area contributed by atoms with Crippen molar-refractivity contribution in [1.29, 1.82) is 0 Å². The van der Waals surface area contributed by atoms with E-state index < -0.39 is 27.5 Å². The molecule has 3 aromatic rings. The minimum atomic E-state index is -3.39. The lowest BCUT2D eigenvalue weighted by Crippen LogP contribution is -2.15. The van der Waals surface area contributed by atoms with Gasteiger partial charge >= 0.3 is 0 Å². The van der Waals surface area contributed by atoms with Crippen LogP contribution in [0, 0.1) is 12.7 Å². The van der Waals surface area contributed by atoms with Gasteiger partial charge in [0.05, 0.1) is 20.6 Å². The predicted octanol–water partition coefficient (Wildman–Crippen LogP) is 5.35. The second kappa shape index (κ2) is 9.28. The first-order chi connectivity index (χ1) is 15.0. The number of carbonyl (C=O) groups excluding carboxylic acids is 2. The van der Waals surface area contributed by atoms with Crippen LogP contribution in [0.25, 0.3) is 0 Å². The fourth-order valence-electron chi connectivity index (χ4n) is 2.84. The molecule has 0 aliphatic heterocycles. The summed E-state index contributed by atoms with van der Waals surface area (Å²) < 4.78 is 36.6. The lowest BCUT2D eigenvalue weighted by molar-refractivity contribution is 0.101. The quantitative estimate of drug-likeness (QED) is 0.499. The van der Waals surface area contributed by atoms with Crippen LogP contribution in [0.4, 0.5) is 15.8 Å². The Labute approximate surface area is 194 Å². The van der Waals surface area contributed by atoms with Crippen LogP contribution in [-0.2, 0) is 9.84 Å². The van der Waals surface area contributed by atoms with Crippen molar-refractivity contribution in [3.63, 3.8) is 0 Å². The molecule has 0 aliphatic carbocycles. The number of benzene rings is 3. The van der Waals surface area contributed by atoms with E-state index in [9.17, 15) is 22.4 Å². The number of hydrogen-bond donors (Lipinski definition) is 2. The Morgan fingerprint density at radius 3 is 2.03 bits per heavy atom. The van der Waals surface area contributed by atoms with Gasteiger partial charge in [-0.2, -0.15) is 0 Å². The molecule has 0 unspecified atom stereocenters. The lowest BCUT2D eigenvalue weighted by atomic mass is 10.1. The highest BCUT2D eigenvalue weighted by Crippen LogP contribution is 2.34. The number of nitrogens with one attached hydrogen (secondary N) is 2. The summed E-state index contributed by atoms with van der Waals surface area (Å²) in [4.78, 5) is 25.1. The molecule has 2 N–H and O–H groups in total. The summed E-state index contributed by atoms with van der Waals surface area (Å²) in [6.45, 7) is 1.68. The van der Waals surface area contributed by atoms with Crippen LogP contribution < -0.4 is 10.6 Å². The van der Waals surface area contributed by atoms with E-state index in [4.69, 9.17) is 23.2 Å². The zero-order valence-corrected chi connectivity index (χ0v) is 19.2. The van der Waals surface area contributed by atoms with Crippen LogP contribution in [0.3, 0.4) is 0 Å². The molecule has 32 heavy (non-hydrogen) atoms. The Bertz CT molecular complexity index is 1300. The molecule has 2 amide bonds. The Morgan fingerprint density at radius 1 is 0.875 bits per heavy atom. The number of aryl methyl sites for hydroxylation is 1. The van der Waals surface area contributed by atoms with E-state index >= 15 is 0 Å². The molecule has 166 valence electrons. The van der Waals surface area contributed by atoms with E-state index in [1.54, 1.807) is 6.92 Å². The summed E-state index contributed by atoms with van der Waals surface area (Å²) in [7, 11) is -3.39. The highest BCUT2D eigenvalue weighted by molar-refractivity contribution is 7.90. The van der Waals surface area contributed by atoms with E-state index in [2.05, 4.69) is 10.6 Å². The molecular weight excluding hydrogens is 478 g/mol. The zero-order chi connectivity index (χ0) is 23.6. The monoisotopic (exact) mass is 494 g/mol. The van der Waals surface area contributed by atoms with Crippen LogP contribution in [0.1, 0.15) is 26.3 Å². The number of carbonyl (C=O) groups is 2. The van der Waals surface area contributed by atoms with Crippen LogP contribution in [-0.4, -0.2) is 26.5 Å². The van der Waals surface area contributed by atoms with Gasteiger partial charge < -0.3 is 10.6 Å². The van der Waals surface area contributed by atoms with Gasteiger partial charge in [0.1, 0.15) is 5.82 Å². The largest absolute Gasteiger partial charge is 0.322 e. The summed E-state index contributed by atoms with van der Waals surface area (Å²) in [6.07, 6.45) is 1.07. The summed E-state index contributed by atoms with van der Waals surface area (Å²) in [5.41, 5.74) is 1.32. The first kappa shape index (κ1) is 23.7. The Kier molecular flexibility index (Phi) is 6.88. The fourth-order valence-corrected chi connectivity index (χ4v) is 4.05. The zero-order valence-electron chi connectivity index (χ0n) is 16.9. The van der Waals surface area contributed by atoms with Crippen molar-refractivity contribution in [2.45, 2.75) is 11.8 Å². The molecule has 0 aliphatic rings. The molecule has 0 saturated heterocycles. The van der Waals surface area contributed by atoms with Gasteiger partial charge in [0.25, 0.3) is 11.8 Å². The summed E-state index contributed by atoms with van der Waals surface area (Å²) in [6, 6.07) is 12.0. The molecule has 0 atom stereocenters. The minimum absolute atomic E-state index is 0.0601. The van der Waals surface area contributed by atoms with Gasteiger partial charge in [-0.05, 0) is 61.0 Å². The molecule has 0 fully saturated rings. The smallest absolute Gasteiger partial charge is 0.256 e. The number of sulfone groups is 1. The standard InChI is InChI=1S/C22H17Cl2FN2O4S/c1-12-3-6-14(25)9-17(12)22(29)26-15-10-18(23)20(19(24)11-15)27-21(28)13-4-7-16(8-5-13)32(2,30)31/h3-11H,1-2H3,(H,26,29)(H,27,28). The van der Waals surface area contributed by atoms with Crippen LogP contribution in [0.15, 0.2) is 59.5 Å². The van der Waals surface area contributed by atoms with Gasteiger partial charge in [0.2, 0.25) is 0 Å². The van der Waals surface area contributed by atoms with Crippen LogP contribution in [0.5, 0.6) is 0 Å². The van der Waals surface area contributed by atoms with Gasteiger partial charge in [0.15, 0.2) is 9.84 Å². The van der Waals surface area contributed by atoms with Gasteiger partial charge in [-0.3, -0.25) is 9.59 Å². The maximum absolute atomic E-state index is 13.5. The summed E-state index contributed by atoms with van der Waals surface area (Å²) in [5, 5.41) is 5.28. The average Bonchev–Trinajstić information content (AvgIpc) is 2.71. The lowest BCUT2D eigenvalue weighted by Gasteiger charge is -2.13. The minimum Gasteiger partial charge on any atom is -0.322 e. The molecular formula is C22H17Cl2FN2O4S. The van der Waals surface area contributed by atoms with Crippen molar-refractivity contribution in [3.8, 4) is 0 Å². The highest BCUT2D eigenvalue weighted by atomic mass is 35.5. The van der Waals surface area contributed by atoms with Crippen molar-refractivity contribution in [2.75, 3.05) is 16.9 Å². The molecule has 3 aromatic carbocycles. The SMILES string of the molecule is Cc1ccc(F)cc1C(=O)Nc1cc(Cl)c(NC(=O)c2ccc(S(C)(=O)=O)cc2)c(Cl)c1. The van der Waals surface area contributed by atoms with E-state index in [0.29, 0.717) is 5.56 Å². The van der Waals surface area contributed by atoms with E-state index in [1.165, 1.54) is 48.5 Å². The Morgan fingerprint density at radius 2 is 1.47 bits per heavy atom. The highest BCUT2D eigenvalue weighted by Gasteiger charge is 2.16. The van der Waals surface area contributed by atoms with Crippen molar-refractivity contribution in [1.82, 2.24) is 0 Å². The van der Waals surface area contributed by atoms with Crippen LogP contribution in [0.2, 0.25) is 10.0 Å². The number of amides is 2. The average molecular weight is 495 g/mol. The maximum atomic E-state index is 13.5. The second-order valence-electron chi connectivity index (χ2n) is 6.98. The van der Waals surface area contributed by atoms with Crippen molar-refractivity contribution in [2.24, 2.45) is 0 Å². The molecule has 0 aromatic heterocycles. The van der Waals surface area contributed by atoms with E-state index in [0.717, 1.165) is 12.3 Å². The normalized spacial score (nSPS) is 11.2. The Hall–Kier alpha value is -2.94. The van der Waals surface area contributed by atoms with Crippen molar-refractivity contribution in [3.05, 3.63) is 87.2 Å². The third kappa shape index (κ3) is 5.45. The molecule has 0 spiro atoms. The van der Waals surface area contributed by atoms with Gasteiger partial charge in [-0.1, -0.05) is 29.3 Å². The topological polar surface area (TPSA) is 92.3 Å².